The molecule has 98 valence electrons. The number of aliphatic carboxylic acids is 1. The standard InChI is InChI=1S/C12H9NO5S/c14-10(15)6-18-8-3-1-2-7(4-8)5-9-11(16)13-12(17)19-9/h1-5H,6H2,(H,14,15)(H,13,16,17). The number of hydrogen-bond acceptors (Lipinski definition) is 5. The molecule has 0 radical (unpaired) electrons. The summed E-state index contributed by atoms with van der Waals surface area (Å²) < 4.78 is 5.02. The van der Waals surface area contributed by atoms with Crippen LogP contribution in [0.15, 0.2) is 29.2 Å². The Labute approximate surface area is 112 Å². The molecule has 1 fully saturated rings. The van der Waals surface area contributed by atoms with E-state index in [0.29, 0.717) is 16.2 Å². The summed E-state index contributed by atoms with van der Waals surface area (Å²) in [5.41, 5.74) is 0.648. The highest BCUT2D eigenvalue weighted by Crippen LogP contribution is 2.26. The molecule has 19 heavy (non-hydrogen) atoms. The number of hydrogen-bond donors (Lipinski definition) is 2. The van der Waals surface area contributed by atoms with Crippen LogP contribution in [-0.2, 0) is 9.59 Å². The molecule has 1 heterocycles. The van der Waals surface area contributed by atoms with Crippen LogP contribution in [0.2, 0.25) is 0 Å². The largest absolute Gasteiger partial charge is 0.482 e. The van der Waals surface area contributed by atoms with Gasteiger partial charge in [0.1, 0.15) is 5.75 Å². The van der Waals surface area contributed by atoms with Gasteiger partial charge in [0.05, 0.1) is 4.91 Å². The van der Waals surface area contributed by atoms with Crippen LogP contribution in [0.25, 0.3) is 6.08 Å². The second-order valence-corrected chi connectivity index (χ2v) is 4.62. The van der Waals surface area contributed by atoms with Crippen molar-refractivity contribution >= 4 is 35.0 Å². The molecule has 2 rings (SSSR count). The zero-order valence-corrected chi connectivity index (χ0v) is 10.4. The average Bonchev–Trinajstić information content (AvgIpc) is 2.66. The Morgan fingerprint density at radius 2 is 2.21 bits per heavy atom. The molecule has 1 saturated heterocycles. The Morgan fingerprint density at radius 1 is 1.42 bits per heavy atom. The molecule has 0 spiro atoms. The maximum atomic E-state index is 11.4. The summed E-state index contributed by atoms with van der Waals surface area (Å²) in [6.45, 7) is -0.437. The highest BCUT2D eigenvalue weighted by atomic mass is 32.2. The number of imide groups is 1. The molecule has 1 aromatic carbocycles. The first-order valence-electron chi connectivity index (χ1n) is 5.24. The lowest BCUT2D eigenvalue weighted by molar-refractivity contribution is -0.139. The number of thioether (sulfide) groups is 1. The van der Waals surface area contributed by atoms with Crippen LogP contribution in [-0.4, -0.2) is 28.8 Å². The Kier molecular flexibility index (Phi) is 3.86. The lowest BCUT2D eigenvalue weighted by Crippen LogP contribution is -2.17. The highest BCUT2D eigenvalue weighted by molar-refractivity contribution is 8.18. The summed E-state index contributed by atoms with van der Waals surface area (Å²) in [6.07, 6.45) is 1.54. The fourth-order valence-corrected chi connectivity index (χ4v) is 2.09. The molecule has 1 aliphatic rings. The van der Waals surface area contributed by atoms with E-state index in [4.69, 9.17) is 9.84 Å². The van der Waals surface area contributed by atoms with Gasteiger partial charge in [-0.1, -0.05) is 12.1 Å². The summed E-state index contributed by atoms with van der Waals surface area (Å²) in [4.78, 5) is 33.0. The van der Waals surface area contributed by atoms with Gasteiger partial charge in [-0.05, 0) is 35.5 Å². The zero-order chi connectivity index (χ0) is 13.8. The smallest absolute Gasteiger partial charge is 0.341 e. The van der Waals surface area contributed by atoms with Crippen LogP contribution < -0.4 is 10.1 Å². The van der Waals surface area contributed by atoms with Gasteiger partial charge in [-0.3, -0.25) is 14.9 Å². The number of carbonyl (C=O) groups excluding carboxylic acids is 2. The van der Waals surface area contributed by atoms with Crippen molar-refractivity contribution < 1.29 is 24.2 Å². The SMILES string of the molecule is O=C(O)COc1cccc(C=C2SC(=O)NC2=O)c1. The number of nitrogens with one attached hydrogen (secondary N) is 1. The van der Waals surface area contributed by atoms with Crippen molar-refractivity contribution in [1.29, 1.82) is 0 Å². The number of amides is 2. The second kappa shape index (κ2) is 5.57. The average molecular weight is 279 g/mol. The molecule has 0 aliphatic carbocycles. The predicted molar refractivity (Wildman–Crippen MR) is 68.7 cm³/mol. The second-order valence-electron chi connectivity index (χ2n) is 3.61. The van der Waals surface area contributed by atoms with Crippen LogP contribution in [0.5, 0.6) is 5.75 Å². The molecule has 0 saturated carbocycles. The minimum atomic E-state index is -1.07. The topological polar surface area (TPSA) is 92.7 Å². The Balaban J connectivity index is 2.15. The number of ether oxygens (including phenoxy) is 1. The molecule has 2 amide bonds. The number of carbonyl (C=O) groups is 3. The van der Waals surface area contributed by atoms with Gasteiger partial charge < -0.3 is 9.84 Å². The van der Waals surface area contributed by atoms with Crippen LogP contribution >= 0.6 is 11.8 Å². The molecule has 2 N–H and O–H groups in total. The normalized spacial score (nSPS) is 16.5. The Bertz CT molecular complexity index is 581. The summed E-state index contributed by atoms with van der Waals surface area (Å²) >= 11 is 0.819. The lowest BCUT2D eigenvalue weighted by atomic mass is 10.2. The summed E-state index contributed by atoms with van der Waals surface area (Å²) in [5.74, 6) is -1.13. The Hall–Kier alpha value is -2.28. The molecule has 1 aliphatic heterocycles. The minimum absolute atomic E-state index is 0.292. The third kappa shape index (κ3) is 3.59. The number of benzene rings is 1. The number of rotatable bonds is 4. The summed E-state index contributed by atoms with van der Waals surface area (Å²) in [7, 11) is 0. The molecule has 0 unspecified atom stereocenters. The van der Waals surface area contributed by atoms with E-state index in [9.17, 15) is 14.4 Å². The van der Waals surface area contributed by atoms with Crippen molar-refractivity contribution in [3.8, 4) is 5.75 Å². The van der Waals surface area contributed by atoms with Crippen LogP contribution in [0, 0.1) is 0 Å². The third-order valence-corrected chi connectivity index (χ3v) is 2.97. The van der Waals surface area contributed by atoms with Crippen LogP contribution in [0.4, 0.5) is 4.79 Å². The van der Waals surface area contributed by atoms with Gasteiger partial charge in [-0.2, -0.15) is 0 Å². The van der Waals surface area contributed by atoms with E-state index >= 15 is 0 Å². The zero-order valence-electron chi connectivity index (χ0n) is 9.58. The van der Waals surface area contributed by atoms with Gasteiger partial charge in [0.15, 0.2) is 6.61 Å². The molecule has 7 heteroatoms. The summed E-state index contributed by atoms with van der Waals surface area (Å²) in [5, 5.41) is 10.2. The maximum absolute atomic E-state index is 11.4. The fraction of sp³-hybridized carbons (Fsp3) is 0.0833. The fourth-order valence-electron chi connectivity index (χ4n) is 1.41. The van der Waals surface area contributed by atoms with Gasteiger partial charge in [-0.15, -0.1) is 0 Å². The van der Waals surface area contributed by atoms with E-state index in [1.807, 2.05) is 0 Å². The Morgan fingerprint density at radius 3 is 2.84 bits per heavy atom. The van der Waals surface area contributed by atoms with Gasteiger partial charge in [0.25, 0.3) is 11.1 Å². The molecular formula is C12H9NO5S. The lowest BCUT2D eigenvalue weighted by Gasteiger charge is -2.03. The molecule has 1 aromatic rings. The molecule has 0 atom stereocenters. The predicted octanol–water partition coefficient (Wildman–Crippen LogP) is 1.47. The van der Waals surface area contributed by atoms with Crippen LogP contribution in [0.1, 0.15) is 5.56 Å². The van der Waals surface area contributed by atoms with Gasteiger partial charge in [0.2, 0.25) is 0 Å². The quantitative estimate of drug-likeness (QED) is 0.811. The van der Waals surface area contributed by atoms with Gasteiger partial charge >= 0.3 is 5.97 Å². The first kappa shape index (κ1) is 13.2. The molecule has 0 aromatic heterocycles. The monoisotopic (exact) mass is 279 g/mol. The number of carboxylic acid groups (broad SMARTS) is 1. The number of carboxylic acids is 1. The summed E-state index contributed by atoms with van der Waals surface area (Å²) in [6, 6.07) is 6.59. The third-order valence-electron chi connectivity index (χ3n) is 2.16. The van der Waals surface area contributed by atoms with Crippen molar-refractivity contribution in [2.75, 3.05) is 6.61 Å². The van der Waals surface area contributed by atoms with Crippen molar-refractivity contribution in [3.63, 3.8) is 0 Å². The van der Waals surface area contributed by atoms with Crippen molar-refractivity contribution in [2.45, 2.75) is 0 Å². The van der Waals surface area contributed by atoms with E-state index in [0.717, 1.165) is 11.8 Å². The van der Waals surface area contributed by atoms with Gasteiger partial charge in [0, 0.05) is 0 Å². The van der Waals surface area contributed by atoms with Crippen molar-refractivity contribution in [1.82, 2.24) is 5.32 Å². The van der Waals surface area contributed by atoms with E-state index in [-0.39, 0.29) is 0 Å². The molecule has 0 bridgehead atoms. The maximum Gasteiger partial charge on any atom is 0.341 e. The highest BCUT2D eigenvalue weighted by Gasteiger charge is 2.24. The van der Waals surface area contributed by atoms with Crippen molar-refractivity contribution in [2.24, 2.45) is 0 Å². The molecule has 6 nitrogen and oxygen atoms in total. The van der Waals surface area contributed by atoms with E-state index < -0.39 is 23.7 Å². The van der Waals surface area contributed by atoms with Crippen molar-refractivity contribution in [3.05, 3.63) is 34.7 Å². The van der Waals surface area contributed by atoms with Crippen LogP contribution in [0.3, 0.4) is 0 Å². The first-order valence-corrected chi connectivity index (χ1v) is 6.06. The van der Waals surface area contributed by atoms with Gasteiger partial charge in [-0.25, -0.2) is 4.79 Å². The van der Waals surface area contributed by atoms with E-state index in [2.05, 4.69) is 5.32 Å². The van der Waals surface area contributed by atoms with E-state index in [1.165, 1.54) is 0 Å². The first-order chi connectivity index (χ1) is 9.04. The minimum Gasteiger partial charge on any atom is -0.482 e. The molecular weight excluding hydrogens is 270 g/mol. The van der Waals surface area contributed by atoms with E-state index in [1.54, 1.807) is 30.3 Å².